The van der Waals surface area contributed by atoms with E-state index in [1.807, 2.05) is 39.0 Å². The first kappa shape index (κ1) is 24.6. The van der Waals surface area contributed by atoms with Gasteiger partial charge in [0.2, 0.25) is 0 Å². The summed E-state index contributed by atoms with van der Waals surface area (Å²) in [6.45, 7) is 5.87. The van der Waals surface area contributed by atoms with Gasteiger partial charge in [-0.2, -0.15) is 0 Å². The van der Waals surface area contributed by atoms with E-state index < -0.39 is 17.7 Å². The van der Waals surface area contributed by atoms with Crippen LogP contribution < -0.4 is 10.3 Å². The number of carboxylic acid groups (broad SMARTS) is 1. The Labute approximate surface area is 207 Å². The number of hydrogen-bond donors (Lipinski definition) is 1. The van der Waals surface area contributed by atoms with Gasteiger partial charge in [0.1, 0.15) is 12.1 Å². The minimum Gasteiger partial charge on any atom is -0.480 e. The number of nitrogens with zero attached hydrogens (tertiary/aromatic N) is 3. The summed E-state index contributed by atoms with van der Waals surface area (Å²) >= 11 is 6.47. The van der Waals surface area contributed by atoms with Crippen molar-refractivity contribution in [3.63, 3.8) is 0 Å². The zero-order valence-corrected chi connectivity index (χ0v) is 21.1. The third-order valence-corrected chi connectivity index (χ3v) is 6.14. The van der Waals surface area contributed by atoms with Crippen molar-refractivity contribution in [1.82, 2.24) is 9.47 Å². The second-order valence-electron chi connectivity index (χ2n) is 9.82. The molecular formula is C26H28ClN3O5. The van der Waals surface area contributed by atoms with Gasteiger partial charge in [0.05, 0.1) is 21.7 Å². The summed E-state index contributed by atoms with van der Waals surface area (Å²) < 4.78 is 7.10. The van der Waals surface area contributed by atoms with Crippen molar-refractivity contribution in [2.75, 3.05) is 32.1 Å². The Kier molecular flexibility index (Phi) is 6.27. The summed E-state index contributed by atoms with van der Waals surface area (Å²) in [5.74, 6) is -1.04. The number of amides is 1. The molecule has 0 fully saturated rings. The average molecular weight is 498 g/mol. The molecule has 3 aromatic rings. The molecular weight excluding hydrogens is 470 g/mol. The monoisotopic (exact) mass is 497 g/mol. The van der Waals surface area contributed by atoms with Crippen molar-refractivity contribution in [2.24, 2.45) is 0 Å². The van der Waals surface area contributed by atoms with Crippen molar-refractivity contribution in [1.29, 1.82) is 0 Å². The van der Waals surface area contributed by atoms with Gasteiger partial charge >= 0.3 is 12.1 Å². The minimum atomic E-state index is -1.04. The van der Waals surface area contributed by atoms with E-state index in [0.717, 1.165) is 11.1 Å². The van der Waals surface area contributed by atoms with Crippen molar-refractivity contribution in [3.8, 4) is 0 Å². The molecule has 0 atom stereocenters. The summed E-state index contributed by atoms with van der Waals surface area (Å²) in [5.41, 5.74) is 2.44. The molecule has 8 nitrogen and oxygen atoms in total. The highest BCUT2D eigenvalue weighted by Gasteiger charge is 2.26. The molecule has 35 heavy (non-hydrogen) atoms. The Balaban J connectivity index is 1.88. The maximum absolute atomic E-state index is 13.4. The molecule has 0 spiro atoms. The van der Waals surface area contributed by atoms with E-state index in [9.17, 15) is 19.5 Å². The van der Waals surface area contributed by atoms with Gasteiger partial charge in [-0.1, -0.05) is 23.7 Å². The first-order valence-corrected chi connectivity index (χ1v) is 11.6. The zero-order valence-electron chi connectivity index (χ0n) is 20.4. The topological polar surface area (TPSA) is 92.1 Å². The Morgan fingerprint density at radius 3 is 2.46 bits per heavy atom. The lowest BCUT2D eigenvalue weighted by atomic mass is 10.0. The summed E-state index contributed by atoms with van der Waals surface area (Å²) in [5, 5.41) is 10.9. The third kappa shape index (κ3) is 4.71. The van der Waals surface area contributed by atoms with Crippen LogP contribution in [0.5, 0.6) is 0 Å². The Hall–Kier alpha value is -3.52. The standard InChI is InChI=1S/C26H28ClN3O5/c1-26(2,3)35-25(34)29-11-10-16(13-29)15-6-7-17-20(12-15)30(14-21(31)32)22-18(24(17)33)8-9-19(27)23(22)28(4)5/h6-10,12H,11,13-14H2,1-5H3,(H,31,32). The maximum Gasteiger partial charge on any atom is 0.410 e. The molecule has 1 amide bonds. The number of aliphatic carboxylic acids is 1. The Bertz CT molecular complexity index is 1450. The molecule has 0 saturated carbocycles. The van der Waals surface area contributed by atoms with Crippen molar-refractivity contribution < 1.29 is 19.4 Å². The second-order valence-corrected chi connectivity index (χ2v) is 10.2. The third-order valence-electron chi connectivity index (χ3n) is 5.83. The summed E-state index contributed by atoms with van der Waals surface area (Å²) in [6, 6.07) is 8.64. The van der Waals surface area contributed by atoms with Crippen LogP contribution in [0, 0.1) is 0 Å². The predicted octanol–water partition coefficient (Wildman–Crippen LogP) is 4.59. The number of hydrogen-bond acceptors (Lipinski definition) is 5. The molecule has 1 N–H and O–H groups in total. The molecule has 184 valence electrons. The summed E-state index contributed by atoms with van der Waals surface area (Å²) in [7, 11) is 3.59. The van der Waals surface area contributed by atoms with E-state index in [0.29, 0.717) is 45.6 Å². The molecule has 1 aromatic heterocycles. The molecule has 2 aromatic carbocycles. The summed E-state index contributed by atoms with van der Waals surface area (Å²) in [6.07, 6.45) is 1.54. The fraction of sp³-hybridized carbons (Fsp3) is 0.346. The fourth-order valence-electron chi connectivity index (χ4n) is 4.38. The van der Waals surface area contributed by atoms with E-state index in [1.54, 1.807) is 46.7 Å². The number of fused-ring (bicyclic) bond motifs is 2. The van der Waals surface area contributed by atoms with Crippen molar-refractivity contribution in [3.05, 3.63) is 57.2 Å². The molecule has 1 aliphatic rings. The fourth-order valence-corrected chi connectivity index (χ4v) is 4.70. The lowest BCUT2D eigenvalue weighted by Gasteiger charge is -2.24. The normalized spacial score (nSPS) is 13.9. The van der Waals surface area contributed by atoms with Gasteiger partial charge in [0.25, 0.3) is 0 Å². The number of halogens is 1. The van der Waals surface area contributed by atoms with Crippen LogP contribution in [0.4, 0.5) is 10.5 Å². The number of carbonyl (C=O) groups excluding carboxylic acids is 1. The van der Waals surface area contributed by atoms with E-state index in [-0.39, 0.29) is 12.0 Å². The number of anilines is 1. The molecule has 0 saturated heterocycles. The number of benzene rings is 2. The molecule has 0 bridgehead atoms. The van der Waals surface area contributed by atoms with E-state index in [1.165, 1.54) is 0 Å². The van der Waals surface area contributed by atoms with E-state index >= 15 is 0 Å². The van der Waals surface area contributed by atoms with Crippen LogP contribution in [0.15, 0.2) is 41.2 Å². The molecule has 1 aliphatic heterocycles. The minimum absolute atomic E-state index is 0.196. The number of rotatable bonds is 4. The highest BCUT2D eigenvalue weighted by atomic mass is 35.5. The average Bonchev–Trinajstić information content (AvgIpc) is 3.25. The molecule has 0 unspecified atom stereocenters. The Morgan fingerprint density at radius 2 is 1.83 bits per heavy atom. The number of ether oxygens (including phenoxy) is 1. The van der Waals surface area contributed by atoms with Crippen molar-refractivity contribution in [2.45, 2.75) is 32.9 Å². The van der Waals surface area contributed by atoms with Crippen LogP contribution in [-0.4, -0.2) is 59.4 Å². The molecule has 2 heterocycles. The lowest BCUT2D eigenvalue weighted by molar-refractivity contribution is -0.137. The maximum atomic E-state index is 13.4. The van der Waals surface area contributed by atoms with Gasteiger partial charge in [-0.15, -0.1) is 0 Å². The van der Waals surface area contributed by atoms with Gasteiger partial charge < -0.3 is 24.2 Å². The van der Waals surface area contributed by atoms with Gasteiger partial charge in [-0.05, 0) is 56.2 Å². The van der Waals surface area contributed by atoms with Crippen LogP contribution in [0.3, 0.4) is 0 Å². The lowest BCUT2D eigenvalue weighted by Crippen LogP contribution is -2.35. The van der Waals surface area contributed by atoms with Crippen LogP contribution in [0.1, 0.15) is 26.3 Å². The van der Waals surface area contributed by atoms with Crippen LogP contribution in [-0.2, 0) is 16.1 Å². The molecule has 4 rings (SSSR count). The molecule has 0 aliphatic carbocycles. The van der Waals surface area contributed by atoms with Gasteiger partial charge in [0.15, 0.2) is 5.43 Å². The largest absolute Gasteiger partial charge is 0.480 e. The SMILES string of the molecule is CN(C)c1c(Cl)ccc2c(=O)c3ccc(C4=CCN(C(=O)OC(C)(C)C)C4)cc3n(CC(=O)O)c12. The van der Waals surface area contributed by atoms with Gasteiger partial charge in [-0.3, -0.25) is 9.59 Å². The number of aromatic nitrogens is 1. The highest BCUT2D eigenvalue weighted by molar-refractivity contribution is 6.35. The van der Waals surface area contributed by atoms with Gasteiger partial charge in [0, 0.05) is 38.0 Å². The quantitative estimate of drug-likeness (QED) is 0.530. The highest BCUT2D eigenvalue weighted by Crippen LogP contribution is 2.35. The summed E-state index contributed by atoms with van der Waals surface area (Å²) in [4.78, 5) is 41.1. The van der Waals surface area contributed by atoms with Crippen LogP contribution in [0.25, 0.3) is 27.4 Å². The number of carboxylic acids is 1. The number of pyridine rings is 1. The smallest absolute Gasteiger partial charge is 0.410 e. The van der Waals surface area contributed by atoms with Crippen LogP contribution >= 0.6 is 11.6 Å². The first-order chi connectivity index (χ1) is 16.4. The van der Waals surface area contributed by atoms with E-state index in [2.05, 4.69) is 0 Å². The van der Waals surface area contributed by atoms with Gasteiger partial charge in [-0.25, -0.2) is 4.79 Å². The molecule has 0 radical (unpaired) electrons. The van der Waals surface area contributed by atoms with Crippen molar-refractivity contribution >= 4 is 56.7 Å². The second kappa shape index (κ2) is 8.92. The van der Waals surface area contributed by atoms with E-state index in [4.69, 9.17) is 16.3 Å². The molecule has 9 heteroatoms. The first-order valence-electron chi connectivity index (χ1n) is 11.2. The Morgan fingerprint density at radius 1 is 1.14 bits per heavy atom. The number of carbonyl (C=O) groups is 2. The van der Waals surface area contributed by atoms with Crippen LogP contribution in [0.2, 0.25) is 5.02 Å². The zero-order chi connectivity index (χ0) is 25.7. The predicted molar refractivity (Wildman–Crippen MR) is 138 cm³/mol.